The molecule has 182 valence electrons. The fraction of sp³-hybridized carbons (Fsp3) is 0.207. The van der Waals surface area contributed by atoms with Crippen LogP contribution in [0.25, 0.3) is 17.0 Å². The summed E-state index contributed by atoms with van der Waals surface area (Å²) in [5.41, 5.74) is 6.71. The number of hydrogen-bond acceptors (Lipinski definition) is 4. The van der Waals surface area contributed by atoms with Gasteiger partial charge >= 0.3 is 6.03 Å². The lowest BCUT2D eigenvalue weighted by atomic mass is 9.94. The minimum Gasteiger partial charge on any atom is -0.334 e. The quantitative estimate of drug-likeness (QED) is 0.312. The van der Waals surface area contributed by atoms with Gasteiger partial charge in [-0.15, -0.1) is 0 Å². The lowest BCUT2D eigenvalue weighted by Gasteiger charge is -2.35. The molecule has 0 aliphatic carbocycles. The number of carbonyl (C=O) groups is 1. The molecule has 3 aromatic carbocycles. The maximum atomic E-state index is 13.3. The van der Waals surface area contributed by atoms with E-state index in [4.69, 9.17) is 21.1 Å². The number of amides is 2. The van der Waals surface area contributed by atoms with Gasteiger partial charge in [-0.05, 0) is 49.1 Å². The summed E-state index contributed by atoms with van der Waals surface area (Å²) in [7, 11) is 0. The van der Waals surface area contributed by atoms with Crippen LogP contribution in [0.5, 0.6) is 0 Å². The SMILES string of the molecule is CCc1ccc(-c2noc(C3=C(C)N(Cc4ccc(Cl)cc4)C(=O)NC3c3ccc(C)cc3)n2)cc1. The summed E-state index contributed by atoms with van der Waals surface area (Å²) in [4.78, 5) is 19.7. The van der Waals surface area contributed by atoms with Gasteiger partial charge < -0.3 is 9.84 Å². The van der Waals surface area contributed by atoms with E-state index in [-0.39, 0.29) is 6.03 Å². The van der Waals surface area contributed by atoms with E-state index >= 15 is 0 Å². The van der Waals surface area contributed by atoms with Crippen molar-refractivity contribution in [3.8, 4) is 11.4 Å². The van der Waals surface area contributed by atoms with Gasteiger partial charge in [0, 0.05) is 16.3 Å². The summed E-state index contributed by atoms with van der Waals surface area (Å²) in [6.07, 6.45) is 0.964. The second-order valence-corrected chi connectivity index (χ2v) is 9.41. The molecule has 4 aromatic rings. The van der Waals surface area contributed by atoms with Gasteiger partial charge in [0.05, 0.1) is 18.2 Å². The number of urea groups is 1. The van der Waals surface area contributed by atoms with Crippen LogP contribution in [0.15, 0.2) is 83.0 Å². The van der Waals surface area contributed by atoms with Crippen LogP contribution in [0.4, 0.5) is 4.79 Å². The standard InChI is InChI=1S/C29H27ClN4O2/c1-4-20-7-13-23(14-8-20)27-32-28(36-33-27)25-19(3)34(17-21-9-15-24(30)16-10-21)29(35)31-26(25)22-11-5-18(2)6-12-22/h5-16,26H,4,17H2,1-3H3,(H,31,35). The molecule has 0 bridgehead atoms. The first kappa shape index (κ1) is 23.8. The number of halogens is 1. The molecule has 5 rings (SSSR count). The molecule has 1 aliphatic rings. The number of nitrogens with one attached hydrogen (secondary N) is 1. The van der Waals surface area contributed by atoms with Crippen LogP contribution in [0.3, 0.4) is 0 Å². The van der Waals surface area contributed by atoms with Crippen LogP contribution in [-0.2, 0) is 13.0 Å². The Morgan fingerprint density at radius 2 is 1.61 bits per heavy atom. The van der Waals surface area contributed by atoms with Gasteiger partial charge in [-0.3, -0.25) is 4.90 Å². The molecule has 36 heavy (non-hydrogen) atoms. The molecule has 7 heteroatoms. The van der Waals surface area contributed by atoms with Gasteiger partial charge in [-0.2, -0.15) is 4.98 Å². The number of carbonyl (C=O) groups excluding carboxylic acids is 1. The molecular formula is C29H27ClN4O2. The third kappa shape index (κ3) is 4.77. The molecule has 1 N–H and O–H groups in total. The van der Waals surface area contributed by atoms with Gasteiger partial charge in [-0.1, -0.05) is 89.9 Å². The third-order valence-corrected chi connectivity index (χ3v) is 6.79. The zero-order chi connectivity index (χ0) is 25.2. The first-order chi connectivity index (χ1) is 17.4. The highest BCUT2D eigenvalue weighted by molar-refractivity contribution is 6.30. The Kier molecular flexibility index (Phi) is 6.61. The van der Waals surface area contributed by atoms with Crippen molar-refractivity contribution >= 4 is 23.2 Å². The normalized spacial score (nSPS) is 15.8. The van der Waals surface area contributed by atoms with Crippen molar-refractivity contribution in [2.24, 2.45) is 0 Å². The van der Waals surface area contributed by atoms with Crippen LogP contribution in [0, 0.1) is 6.92 Å². The number of nitrogens with zero attached hydrogens (tertiary/aromatic N) is 3. The van der Waals surface area contributed by atoms with Gasteiger partial charge in [0.25, 0.3) is 5.89 Å². The van der Waals surface area contributed by atoms with Crippen LogP contribution in [0.2, 0.25) is 5.02 Å². The molecule has 0 fully saturated rings. The Morgan fingerprint density at radius 1 is 0.944 bits per heavy atom. The Bertz CT molecular complexity index is 1410. The highest BCUT2D eigenvalue weighted by Crippen LogP contribution is 2.38. The van der Waals surface area contributed by atoms with E-state index in [9.17, 15) is 4.79 Å². The molecule has 6 nitrogen and oxygen atoms in total. The fourth-order valence-electron chi connectivity index (χ4n) is 4.37. The molecule has 0 radical (unpaired) electrons. The second kappa shape index (κ2) is 9.99. The van der Waals surface area contributed by atoms with E-state index in [0.29, 0.717) is 23.3 Å². The number of aryl methyl sites for hydroxylation is 2. The molecule has 1 aromatic heterocycles. The van der Waals surface area contributed by atoms with E-state index in [1.807, 2.05) is 74.5 Å². The Hall–Kier alpha value is -3.90. The van der Waals surface area contributed by atoms with E-state index in [0.717, 1.165) is 39.9 Å². The van der Waals surface area contributed by atoms with Crippen molar-refractivity contribution in [1.29, 1.82) is 0 Å². The maximum absolute atomic E-state index is 13.3. The van der Waals surface area contributed by atoms with Crippen LogP contribution >= 0.6 is 11.6 Å². The summed E-state index contributed by atoms with van der Waals surface area (Å²) in [6.45, 7) is 6.46. The van der Waals surface area contributed by atoms with Crippen molar-refractivity contribution in [2.45, 2.75) is 39.8 Å². The topological polar surface area (TPSA) is 71.3 Å². The van der Waals surface area contributed by atoms with Gasteiger partial charge in [-0.25, -0.2) is 4.79 Å². The zero-order valence-corrected chi connectivity index (χ0v) is 21.2. The number of hydrogen-bond donors (Lipinski definition) is 1. The molecule has 2 amide bonds. The van der Waals surface area contributed by atoms with Crippen LogP contribution in [-0.4, -0.2) is 21.1 Å². The van der Waals surface area contributed by atoms with Crippen molar-refractivity contribution < 1.29 is 9.32 Å². The Labute approximate surface area is 215 Å². The Balaban J connectivity index is 1.57. The van der Waals surface area contributed by atoms with E-state index in [1.54, 1.807) is 4.90 Å². The van der Waals surface area contributed by atoms with Crippen LogP contribution in [0.1, 0.15) is 48.0 Å². The molecule has 1 atom stereocenters. The summed E-state index contributed by atoms with van der Waals surface area (Å²) >= 11 is 6.05. The van der Waals surface area contributed by atoms with Gasteiger partial charge in [0.1, 0.15) is 0 Å². The number of rotatable bonds is 6. The summed E-state index contributed by atoms with van der Waals surface area (Å²) < 4.78 is 5.80. The van der Waals surface area contributed by atoms with Crippen molar-refractivity contribution in [1.82, 2.24) is 20.4 Å². The zero-order valence-electron chi connectivity index (χ0n) is 20.5. The lowest BCUT2D eigenvalue weighted by Crippen LogP contribution is -2.45. The molecular weight excluding hydrogens is 472 g/mol. The van der Waals surface area contributed by atoms with Gasteiger partial charge in [0.2, 0.25) is 5.82 Å². The second-order valence-electron chi connectivity index (χ2n) is 8.98. The first-order valence-electron chi connectivity index (χ1n) is 12.0. The monoisotopic (exact) mass is 498 g/mol. The van der Waals surface area contributed by atoms with Crippen molar-refractivity contribution in [2.75, 3.05) is 0 Å². The number of benzene rings is 3. The smallest absolute Gasteiger partial charge is 0.322 e. The van der Waals surface area contributed by atoms with E-state index < -0.39 is 6.04 Å². The predicted molar refractivity (Wildman–Crippen MR) is 141 cm³/mol. The number of allylic oxidation sites excluding steroid dienone is 1. The maximum Gasteiger partial charge on any atom is 0.322 e. The Morgan fingerprint density at radius 3 is 2.28 bits per heavy atom. The third-order valence-electron chi connectivity index (χ3n) is 6.54. The average Bonchev–Trinajstić information content (AvgIpc) is 3.37. The number of aromatic nitrogens is 2. The minimum atomic E-state index is -0.421. The average molecular weight is 499 g/mol. The predicted octanol–water partition coefficient (Wildman–Crippen LogP) is 6.96. The molecule has 0 spiro atoms. The molecule has 0 saturated carbocycles. The van der Waals surface area contributed by atoms with E-state index in [1.165, 1.54) is 5.56 Å². The highest BCUT2D eigenvalue weighted by atomic mass is 35.5. The van der Waals surface area contributed by atoms with Gasteiger partial charge in [0.15, 0.2) is 0 Å². The fourth-order valence-corrected chi connectivity index (χ4v) is 4.50. The molecule has 1 aliphatic heterocycles. The summed E-state index contributed by atoms with van der Waals surface area (Å²) in [6, 6.07) is 23.1. The molecule has 1 unspecified atom stereocenters. The largest absolute Gasteiger partial charge is 0.334 e. The van der Waals surface area contributed by atoms with Crippen molar-refractivity contribution in [3.63, 3.8) is 0 Å². The first-order valence-corrected chi connectivity index (χ1v) is 12.3. The lowest BCUT2D eigenvalue weighted by molar-refractivity contribution is 0.203. The van der Waals surface area contributed by atoms with E-state index in [2.05, 4.69) is 29.5 Å². The minimum absolute atomic E-state index is 0.188. The molecule has 0 saturated heterocycles. The van der Waals surface area contributed by atoms with Crippen molar-refractivity contribution in [3.05, 3.63) is 112 Å². The summed E-state index contributed by atoms with van der Waals surface area (Å²) in [5.74, 6) is 0.894. The van der Waals surface area contributed by atoms with Crippen LogP contribution < -0.4 is 5.32 Å². The highest BCUT2D eigenvalue weighted by Gasteiger charge is 2.35. The molecule has 2 heterocycles. The summed E-state index contributed by atoms with van der Waals surface area (Å²) in [5, 5.41) is 8.07.